The van der Waals surface area contributed by atoms with E-state index < -0.39 is 29.9 Å². The molecule has 186 valence electrons. The van der Waals surface area contributed by atoms with Gasteiger partial charge in [-0.2, -0.15) is 0 Å². The van der Waals surface area contributed by atoms with Gasteiger partial charge in [0.1, 0.15) is 6.10 Å². The summed E-state index contributed by atoms with van der Waals surface area (Å²) in [6.07, 6.45) is 4.93. The third-order valence-corrected chi connectivity index (χ3v) is 5.67. The van der Waals surface area contributed by atoms with Crippen molar-refractivity contribution < 1.29 is 33.3 Å². The quantitative estimate of drug-likeness (QED) is 0.259. The summed E-state index contributed by atoms with van der Waals surface area (Å²) in [6.45, 7) is 3.57. The number of rotatable bonds is 12. The van der Waals surface area contributed by atoms with E-state index in [1.807, 2.05) is 60.7 Å². The summed E-state index contributed by atoms with van der Waals surface area (Å²) in [7, 11) is 0. The second-order valence-corrected chi connectivity index (χ2v) is 8.44. The van der Waals surface area contributed by atoms with Gasteiger partial charge in [-0.25, -0.2) is 0 Å². The van der Waals surface area contributed by atoms with Gasteiger partial charge in [0.25, 0.3) is 0 Å². The monoisotopic (exact) mass is 480 g/mol. The Kier molecular flexibility index (Phi) is 9.86. The minimum Gasteiger partial charge on any atom is -0.466 e. The second-order valence-electron chi connectivity index (χ2n) is 8.44. The van der Waals surface area contributed by atoms with Crippen molar-refractivity contribution in [2.24, 2.45) is 0 Å². The van der Waals surface area contributed by atoms with Crippen LogP contribution in [-0.2, 0) is 46.5 Å². The van der Waals surface area contributed by atoms with Crippen LogP contribution in [0.1, 0.15) is 37.8 Å². The molecule has 0 bridgehead atoms. The van der Waals surface area contributed by atoms with E-state index in [0.717, 1.165) is 11.1 Å². The third kappa shape index (κ3) is 7.66. The Balaban J connectivity index is 1.79. The lowest BCUT2D eigenvalue weighted by Gasteiger charge is -2.30. The van der Waals surface area contributed by atoms with Crippen molar-refractivity contribution in [2.75, 3.05) is 13.2 Å². The second kappa shape index (κ2) is 13.1. The molecule has 1 saturated heterocycles. The van der Waals surface area contributed by atoms with Crippen molar-refractivity contribution in [1.29, 1.82) is 0 Å². The molecule has 0 spiro atoms. The van der Waals surface area contributed by atoms with Crippen molar-refractivity contribution in [3.05, 3.63) is 71.8 Å². The summed E-state index contributed by atoms with van der Waals surface area (Å²) in [4.78, 5) is 23.1. The summed E-state index contributed by atoms with van der Waals surface area (Å²) in [5.41, 5.74) is 0.674. The molecule has 35 heavy (non-hydrogen) atoms. The first kappa shape index (κ1) is 26.4. The molecule has 3 rings (SSSR count). The van der Waals surface area contributed by atoms with Crippen LogP contribution in [0.2, 0.25) is 0 Å². The number of hydrogen-bond acceptors (Lipinski definition) is 7. The number of esters is 2. The molecule has 0 amide bonds. The van der Waals surface area contributed by atoms with Crippen LogP contribution in [0.4, 0.5) is 0 Å². The van der Waals surface area contributed by atoms with Crippen LogP contribution in [0.3, 0.4) is 0 Å². The molecule has 2 unspecified atom stereocenters. The van der Waals surface area contributed by atoms with Gasteiger partial charge in [-0.1, -0.05) is 66.6 Å². The number of hydrogen-bond donors (Lipinski definition) is 0. The fraction of sp³-hybridized carbons (Fsp3) is 0.429. The van der Waals surface area contributed by atoms with Gasteiger partial charge in [0.05, 0.1) is 32.5 Å². The molecule has 0 aromatic heterocycles. The molecule has 2 aromatic rings. The lowest BCUT2D eigenvalue weighted by Crippen LogP contribution is -2.48. The zero-order chi connectivity index (χ0) is 25.1. The molecule has 2 aromatic carbocycles. The predicted octanol–water partition coefficient (Wildman–Crippen LogP) is 3.83. The van der Waals surface area contributed by atoms with E-state index >= 15 is 0 Å². The largest absolute Gasteiger partial charge is 0.466 e. The zero-order valence-corrected chi connectivity index (χ0v) is 20.2. The third-order valence-electron chi connectivity index (χ3n) is 5.67. The maximum Gasteiger partial charge on any atom is 0.303 e. The Hall–Kier alpha value is -3.18. The molecule has 7 heteroatoms. The topological polar surface area (TPSA) is 80.3 Å². The number of terminal acetylenes is 1. The van der Waals surface area contributed by atoms with Gasteiger partial charge in [0.15, 0.2) is 11.7 Å². The summed E-state index contributed by atoms with van der Waals surface area (Å²) < 4.78 is 29.3. The molecule has 0 saturated carbocycles. The van der Waals surface area contributed by atoms with Crippen molar-refractivity contribution >= 4 is 11.9 Å². The molecule has 1 heterocycles. The van der Waals surface area contributed by atoms with Gasteiger partial charge in [0, 0.05) is 13.8 Å². The summed E-state index contributed by atoms with van der Waals surface area (Å²) in [5, 5.41) is 0. The first-order valence-electron chi connectivity index (χ1n) is 11.7. The molecule has 1 aliphatic rings. The number of ether oxygens (including phenoxy) is 5. The lowest BCUT2D eigenvalue weighted by molar-refractivity contribution is -0.156. The molecular weight excluding hydrogens is 448 g/mol. The minimum absolute atomic E-state index is 0.0516. The first-order chi connectivity index (χ1) is 16.9. The maximum atomic E-state index is 12.0. The fourth-order valence-electron chi connectivity index (χ4n) is 4.08. The van der Waals surface area contributed by atoms with E-state index in [4.69, 9.17) is 30.1 Å². The van der Waals surface area contributed by atoms with Crippen molar-refractivity contribution in [2.45, 2.75) is 63.8 Å². The Morgan fingerprint density at radius 3 is 2.17 bits per heavy atom. The molecule has 4 atom stereocenters. The van der Waals surface area contributed by atoms with Crippen molar-refractivity contribution in [3.63, 3.8) is 0 Å². The van der Waals surface area contributed by atoms with Crippen LogP contribution in [0.15, 0.2) is 60.7 Å². The number of carbonyl (C=O) groups excluding carboxylic acids is 2. The molecule has 7 nitrogen and oxygen atoms in total. The van der Waals surface area contributed by atoms with Crippen LogP contribution in [0.25, 0.3) is 0 Å². The van der Waals surface area contributed by atoms with Gasteiger partial charge in [-0.05, 0) is 24.0 Å². The van der Waals surface area contributed by atoms with E-state index in [1.54, 1.807) is 0 Å². The lowest BCUT2D eigenvalue weighted by atomic mass is 9.94. The van der Waals surface area contributed by atoms with Gasteiger partial charge in [-0.15, -0.1) is 6.42 Å². The van der Waals surface area contributed by atoms with E-state index in [0.29, 0.717) is 19.4 Å². The van der Waals surface area contributed by atoms with Gasteiger partial charge < -0.3 is 23.7 Å². The fourth-order valence-corrected chi connectivity index (χ4v) is 4.08. The Labute approximate surface area is 206 Å². The summed E-state index contributed by atoms with van der Waals surface area (Å²) >= 11 is 0. The molecular formula is C28H32O7. The van der Waals surface area contributed by atoms with E-state index in [9.17, 15) is 9.59 Å². The Bertz CT molecular complexity index is 985. The predicted molar refractivity (Wildman–Crippen MR) is 129 cm³/mol. The zero-order valence-electron chi connectivity index (χ0n) is 20.2. The highest BCUT2D eigenvalue weighted by atomic mass is 16.6. The van der Waals surface area contributed by atoms with Crippen LogP contribution in [0, 0.1) is 12.3 Å². The first-order valence-corrected chi connectivity index (χ1v) is 11.7. The summed E-state index contributed by atoms with van der Waals surface area (Å²) in [5.74, 6) is 1.92. The molecule has 1 aliphatic heterocycles. The standard InChI is InChI=1S/C28H32O7/c1-4-28(20-31-18-23-12-7-5-8-13-23)27(33-19-24-14-9-6-10-15-24)26(34-22(3)30)25(35-28)16-11-17-32-21(2)29/h1,5-10,12-15,25-27H,11,16-20H2,2-3H3/t25-,26?,27?,28+/m0/s1. The number of carbonyl (C=O) groups is 2. The van der Waals surface area contributed by atoms with Gasteiger partial charge in [0.2, 0.25) is 0 Å². The Morgan fingerprint density at radius 2 is 1.60 bits per heavy atom. The van der Waals surface area contributed by atoms with Crippen LogP contribution in [0.5, 0.6) is 0 Å². The van der Waals surface area contributed by atoms with Crippen molar-refractivity contribution in [3.8, 4) is 12.3 Å². The van der Waals surface area contributed by atoms with E-state index in [2.05, 4.69) is 5.92 Å². The highest BCUT2D eigenvalue weighted by molar-refractivity contribution is 5.66. The SMILES string of the molecule is C#C[C@]1(COCc2ccccc2)O[C@@H](CCCOC(C)=O)C(OC(C)=O)C1OCc1ccccc1. The van der Waals surface area contributed by atoms with Crippen LogP contribution < -0.4 is 0 Å². The van der Waals surface area contributed by atoms with Gasteiger partial charge in [-0.3, -0.25) is 9.59 Å². The average molecular weight is 481 g/mol. The highest BCUT2D eigenvalue weighted by Crippen LogP contribution is 2.38. The molecule has 0 radical (unpaired) electrons. The average Bonchev–Trinajstić information content (AvgIpc) is 3.13. The van der Waals surface area contributed by atoms with E-state index in [1.165, 1.54) is 13.8 Å². The molecule has 0 aliphatic carbocycles. The minimum atomic E-state index is -1.27. The molecule has 0 N–H and O–H groups in total. The normalized spacial score (nSPS) is 23.4. The Morgan fingerprint density at radius 1 is 0.971 bits per heavy atom. The number of benzene rings is 2. The van der Waals surface area contributed by atoms with Crippen LogP contribution in [-0.4, -0.2) is 49.1 Å². The highest BCUT2D eigenvalue weighted by Gasteiger charge is 2.57. The maximum absolute atomic E-state index is 12.0. The smallest absolute Gasteiger partial charge is 0.303 e. The summed E-state index contributed by atoms with van der Waals surface area (Å²) in [6, 6.07) is 19.4. The van der Waals surface area contributed by atoms with Crippen molar-refractivity contribution in [1.82, 2.24) is 0 Å². The van der Waals surface area contributed by atoms with E-state index in [-0.39, 0.29) is 25.8 Å². The van der Waals surface area contributed by atoms with Gasteiger partial charge >= 0.3 is 11.9 Å². The van der Waals surface area contributed by atoms with Crippen LogP contribution >= 0.6 is 0 Å². The molecule has 1 fully saturated rings.